The molecule has 1 aromatic heterocycles. The molecule has 0 N–H and O–H groups in total. The minimum absolute atomic E-state index is 0.232. The first-order valence-electron chi connectivity index (χ1n) is 5.04. The molecule has 15 heavy (non-hydrogen) atoms. The normalized spacial score (nSPS) is 29.3. The lowest BCUT2D eigenvalue weighted by molar-refractivity contribution is -0.153. The van der Waals surface area contributed by atoms with Gasteiger partial charge < -0.3 is 4.74 Å². The van der Waals surface area contributed by atoms with E-state index in [1.807, 2.05) is 11.4 Å². The lowest BCUT2D eigenvalue weighted by Gasteiger charge is -2.28. The molecular formula is C11H10O3S. The van der Waals surface area contributed by atoms with Crippen LogP contribution in [0, 0.1) is 0 Å². The van der Waals surface area contributed by atoms with Gasteiger partial charge in [-0.25, -0.2) is 0 Å². The van der Waals surface area contributed by atoms with E-state index in [1.54, 1.807) is 11.3 Å². The van der Waals surface area contributed by atoms with Crippen LogP contribution in [0.4, 0.5) is 0 Å². The standard InChI is InChI=1S/C11H10O3S/c12-9-6-11(10(13)14-9)4-1-2-8-7(11)3-5-15-8/h3,5H,1-2,4,6H2. The van der Waals surface area contributed by atoms with Crippen LogP contribution < -0.4 is 0 Å². The van der Waals surface area contributed by atoms with Crippen molar-refractivity contribution in [2.75, 3.05) is 0 Å². The van der Waals surface area contributed by atoms with Gasteiger partial charge in [-0.05, 0) is 36.3 Å². The highest BCUT2D eigenvalue weighted by Gasteiger charge is 2.52. The van der Waals surface area contributed by atoms with Crippen LogP contribution >= 0.6 is 11.3 Å². The molecule has 1 fully saturated rings. The molecule has 1 aliphatic heterocycles. The second-order valence-corrected chi connectivity index (χ2v) is 5.13. The summed E-state index contributed by atoms with van der Waals surface area (Å²) in [5, 5.41) is 1.99. The fourth-order valence-electron chi connectivity index (χ4n) is 2.60. The maximum absolute atomic E-state index is 11.8. The number of rotatable bonds is 0. The molecule has 1 atom stereocenters. The molecule has 0 aromatic carbocycles. The van der Waals surface area contributed by atoms with E-state index < -0.39 is 5.41 Å². The highest BCUT2D eigenvalue weighted by molar-refractivity contribution is 7.10. The lowest BCUT2D eigenvalue weighted by Crippen LogP contribution is -2.34. The van der Waals surface area contributed by atoms with Gasteiger partial charge in [0.1, 0.15) is 5.41 Å². The van der Waals surface area contributed by atoms with E-state index in [9.17, 15) is 9.59 Å². The van der Waals surface area contributed by atoms with Gasteiger partial charge in [-0.1, -0.05) is 0 Å². The first kappa shape index (κ1) is 9.09. The van der Waals surface area contributed by atoms with Crippen molar-refractivity contribution in [2.24, 2.45) is 0 Å². The highest BCUT2D eigenvalue weighted by Crippen LogP contribution is 2.46. The van der Waals surface area contributed by atoms with Gasteiger partial charge in [0.2, 0.25) is 0 Å². The van der Waals surface area contributed by atoms with Gasteiger partial charge >= 0.3 is 11.9 Å². The molecule has 1 unspecified atom stereocenters. The second kappa shape index (κ2) is 2.92. The molecule has 0 saturated carbocycles. The molecule has 1 spiro atoms. The zero-order chi connectivity index (χ0) is 10.5. The molecule has 3 nitrogen and oxygen atoms in total. The number of carbonyl (C=O) groups excluding carboxylic acids is 2. The number of hydrogen-bond acceptors (Lipinski definition) is 4. The summed E-state index contributed by atoms with van der Waals surface area (Å²) in [4.78, 5) is 24.2. The molecule has 1 aromatic rings. The molecule has 2 aliphatic rings. The van der Waals surface area contributed by atoms with E-state index in [0.717, 1.165) is 24.8 Å². The van der Waals surface area contributed by atoms with Crippen LogP contribution in [0.3, 0.4) is 0 Å². The van der Waals surface area contributed by atoms with Crippen LogP contribution in [0.5, 0.6) is 0 Å². The van der Waals surface area contributed by atoms with Crippen LogP contribution in [0.15, 0.2) is 11.4 Å². The smallest absolute Gasteiger partial charge is 0.324 e. The third kappa shape index (κ3) is 1.11. The number of fused-ring (bicyclic) bond motifs is 2. The Labute approximate surface area is 91.1 Å². The zero-order valence-electron chi connectivity index (χ0n) is 8.12. The number of esters is 2. The summed E-state index contributed by atoms with van der Waals surface area (Å²) in [5.41, 5.74) is 0.402. The predicted molar refractivity (Wildman–Crippen MR) is 54.7 cm³/mol. The highest BCUT2D eigenvalue weighted by atomic mass is 32.1. The van der Waals surface area contributed by atoms with Crippen molar-refractivity contribution in [1.29, 1.82) is 0 Å². The summed E-state index contributed by atoms with van der Waals surface area (Å²) in [6.45, 7) is 0. The number of ether oxygens (including phenoxy) is 1. The van der Waals surface area contributed by atoms with Crippen LogP contribution in [0.25, 0.3) is 0 Å². The van der Waals surface area contributed by atoms with Crippen molar-refractivity contribution in [3.8, 4) is 0 Å². The van der Waals surface area contributed by atoms with Crippen LogP contribution in [-0.4, -0.2) is 11.9 Å². The molecule has 0 bridgehead atoms. The largest absolute Gasteiger partial charge is 0.392 e. The Balaban J connectivity index is 2.15. The zero-order valence-corrected chi connectivity index (χ0v) is 8.93. The third-order valence-corrected chi connectivity index (χ3v) is 4.29. The third-order valence-electron chi connectivity index (χ3n) is 3.31. The van der Waals surface area contributed by atoms with Crippen molar-refractivity contribution in [3.63, 3.8) is 0 Å². The van der Waals surface area contributed by atoms with Crippen molar-refractivity contribution in [3.05, 3.63) is 21.9 Å². The summed E-state index contributed by atoms with van der Waals surface area (Å²) < 4.78 is 4.71. The van der Waals surface area contributed by atoms with Gasteiger partial charge in [-0.15, -0.1) is 11.3 Å². The Morgan fingerprint density at radius 3 is 3.00 bits per heavy atom. The Morgan fingerprint density at radius 1 is 1.40 bits per heavy atom. The maximum Gasteiger partial charge on any atom is 0.324 e. The monoisotopic (exact) mass is 222 g/mol. The number of aryl methyl sites for hydroxylation is 1. The molecule has 1 aliphatic carbocycles. The van der Waals surface area contributed by atoms with Crippen molar-refractivity contribution < 1.29 is 14.3 Å². The average molecular weight is 222 g/mol. The van der Waals surface area contributed by atoms with E-state index >= 15 is 0 Å². The van der Waals surface area contributed by atoms with E-state index in [4.69, 9.17) is 4.74 Å². The van der Waals surface area contributed by atoms with Crippen molar-refractivity contribution in [2.45, 2.75) is 31.1 Å². The van der Waals surface area contributed by atoms with Crippen molar-refractivity contribution >= 4 is 23.3 Å². The fourth-order valence-corrected chi connectivity index (χ4v) is 3.62. The van der Waals surface area contributed by atoms with Gasteiger partial charge in [-0.3, -0.25) is 9.59 Å². The Morgan fingerprint density at radius 2 is 2.27 bits per heavy atom. The summed E-state index contributed by atoms with van der Waals surface area (Å²) >= 11 is 1.67. The Hall–Kier alpha value is -1.16. The topological polar surface area (TPSA) is 43.4 Å². The van der Waals surface area contributed by atoms with E-state index in [2.05, 4.69) is 0 Å². The van der Waals surface area contributed by atoms with Crippen LogP contribution in [0.1, 0.15) is 29.7 Å². The number of thiophene rings is 1. The summed E-state index contributed by atoms with van der Waals surface area (Å²) in [5.74, 6) is -0.717. The molecule has 78 valence electrons. The molecule has 0 amide bonds. The minimum atomic E-state index is -0.634. The van der Waals surface area contributed by atoms with E-state index in [-0.39, 0.29) is 18.4 Å². The lowest BCUT2D eigenvalue weighted by atomic mass is 9.72. The minimum Gasteiger partial charge on any atom is -0.392 e. The molecular weight excluding hydrogens is 212 g/mol. The second-order valence-electron chi connectivity index (χ2n) is 4.13. The van der Waals surface area contributed by atoms with Crippen LogP contribution in [0.2, 0.25) is 0 Å². The summed E-state index contributed by atoms with van der Waals surface area (Å²) in [6.07, 6.45) is 2.98. The van der Waals surface area contributed by atoms with Crippen molar-refractivity contribution in [1.82, 2.24) is 0 Å². The van der Waals surface area contributed by atoms with Gasteiger partial charge in [0.05, 0.1) is 6.42 Å². The van der Waals surface area contributed by atoms with Gasteiger partial charge in [0.15, 0.2) is 0 Å². The van der Waals surface area contributed by atoms with E-state index in [1.165, 1.54) is 4.88 Å². The van der Waals surface area contributed by atoms with E-state index in [0.29, 0.717) is 0 Å². The molecule has 4 heteroatoms. The molecule has 3 rings (SSSR count). The molecule has 0 radical (unpaired) electrons. The maximum atomic E-state index is 11.8. The number of cyclic esters (lactones) is 2. The summed E-state index contributed by atoms with van der Waals surface area (Å²) in [7, 11) is 0. The van der Waals surface area contributed by atoms with Gasteiger partial charge in [-0.2, -0.15) is 0 Å². The number of hydrogen-bond donors (Lipinski definition) is 0. The van der Waals surface area contributed by atoms with Crippen LogP contribution in [-0.2, 0) is 26.2 Å². The molecule has 1 saturated heterocycles. The quantitative estimate of drug-likeness (QED) is 0.496. The van der Waals surface area contributed by atoms with Gasteiger partial charge in [0, 0.05) is 4.88 Å². The average Bonchev–Trinajstić information content (AvgIpc) is 2.74. The summed E-state index contributed by atoms with van der Waals surface area (Å²) in [6, 6.07) is 1.97. The first-order valence-corrected chi connectivity index (χ1v) is 5.92. The predicted octanol–water partition coefficient (Wildman–Crippen LogP) is 1.80. The fraction of sp³-hybridized carbons (Fsp3) is 0.455. The van der Waals surface area contributed by atoms with Gasteiger partial charge in [0.25, 0.3) is 0 Å². The number of carbonyl (C=O) groups is 2. The first-order chi connectivity index (χ1) is 7.22. The SMILES string of the molecule is O=C1CC2(CCCc3sccc32)C(=O)O1. The Kier molecular flexibility index (Phi) is 1.77. The molecule has 2 heterocycles. The Bertz CT molecular complexity index is 448.